The van der Waals surface area contributed by atoms with Crippen molar-refractivity contribution in [3.8, 4) is 0 Å². The van der Waals surface area contributed by atoms with Crippen LogP contribution in [0.15, 0.2) is 53.4 Å². The molecule has 2 aromatic carbocycles. The molecule has 0 saturated heterocycles. The number of hydrogen-bond donors (Lipinski definition) is 1. The van der Waals surface area contributed by atoms with E-state index in [0.29, 0.717) is 0 Å². The molecular weight excluding hydrogens is 341 g/mol. The molecule has 0 aliphatic heterocycles. The van der Waals surface area contributed by atoms with Gasteiger partial charge in [0.2, 0.25) is 5.91 Å². The molecule has 0 radical (unpaired) electrons. The number of sulfonamides is 1. The number of nitrogens with one attached hydrogen (secondary N) is 1. The van der Waals surface area contributed by atoms with Gasteiger partial charge in [-0.05, 0) is 38.1 Å². The van der Waals surface area contributed by atoms with Gasteiger partial charge in [-0.25, -0.2) is 17.5 Å². The van der Waals surface area contributed by atoms with E-state index in [1.54, 1.807) is 18.2 Å². The number of benzene rings is 2. The summed E-state index contributed by atoms with van der Waals surface area (Å²) in [5.74, 6) is -1.50. The Balaban J connectivity index is 2.32. The molecule has 0 atom stereocenters. The Morgan fingerprint density at radius 2 is 1.74 bits per heavy atom. The van der Waals surface area contributed by atoms with Crippen LogP contribution in [0.4, 0.5) is 4.39 Å². The molecule has 23 heavy (non-hydrogen) atoms. The van der Waals surface area contributed by atoms with E-state index in [4.69, 9.17) is 11.6 Å². The monoisotopic (exact) mass is 355 g/mol. The second-order valence-corrected chi connectivity index (χ2v) is 7.62. The van der Waals surface area contributed by atoms with Crippen LogP contribution in [0.2, 0.25) is 5.02 Å². The summed E-state index contributed by atoms with van der Waals surface area (Å²) in [5, 5.41) is 0.194. The summed E-state index contributed by atoms with van der Waals surface area (Å²) in [4.78, 5) is 12.4. The highest BCUT2D eigenvalue weighted by Gasteiger charge is 2.35. The van der Waals surface area contributed by atoms with Crippen molar-refractivity contribution in [2.75, 3.05) is 0 Å². The largest absolute Gasteiger partial charge is 0.273 e. The third-order valence-corrected chi connectivity index (χ3v) is 5.03. The summed E-state index contributed by atoms with van der Waals surface area (Å²) in [6.07, 6.45) is 0. The van der Waals surface area contributed by atoms with E-state index in [0.717, 1.165) is 6.07 Å². The number of halogens is 2. The smallest absolute Gasteiger partial charge is 0.264 e. The maximum absolute atomic E-state index is 14.0. The minimum atomic E-state index is -4.02. The maximum Gasteiger partial charge on any atom is 0.264 e. The van der Waals surface area contributed by atoms with Crippen LogP contribution in [0, 0.1) is 5.82 Å². The average Bonchev–Trinajstić information content (AvgIpc) is 2.47. The zero-order valence-electron chi connectivity index (χ0n) is 12.5. The van der Waals surface area contributed by atoms with Gasteiger partial charge in [-0.3, -0.25) is 4.79 Å². The van der Waals surface area contributed by atoms with E-state index in [9.17, 15) is 17.6 Å². The predicted octanol–water partition coefficient (Wildman–Crippen LogP) is 3.26. The normalized spacial score (nSPS) is 12.0. The summed E-state index contributed by atoms with van der Waals surface area (Å²) in [6.45, 7) is 2.88. The number of hydrogen-bond acceptors (Lipinski definition) is 3. The van der Waals surface area contributed by atoms with Crippen molar-refractivity contribution >= 4 is 27.5 Å². The quantitative estimate of drug-likeness (QED) is 0.915. The van der Waals surface area contributed by atoms with Crippen LogP contribution in [0.3, 0.4) is 0 Å². The zero-order valence-corrected chi connectivity index (χ0v) is 14.1. The first kappa shape index (κ1) is 17.4. The lowest BCUT2D eigenvalue weighted by atomic mass is 9.83. The second-order valence-electron chi connectivity index (χ2n) is 5.50. The Morgan fingerprint density at radius 3 is 2.30 bits per heavy atom. The van der Waals surface area contributed by atoms with E-state index in [-0.39, 0.29) is 15.5 Å². The first-order valence-electron chi connectivity index (χ1n) is 6.72. The van der Waals surface area contributed by atoms with Crippen molar-refractivity contribution in [3.63, 3.8) is 0 Å². The molecule has 0 bridgehead atoms. The van der Waals surface area contributed by atoms with Gasteiger partial charge in [-0.15, -0.1) is 0 Å². The van der Waals surface area contributed by atoms with Crippen molar-refractivity contribution in [2.24, 2.45) is 0 Å². The van der Waals surface area contributed by atoms with Crippen molar-refractivity contribution in [1.29, 1.82) is 0 Å². The van der Waals surface area contributed by atoms with Crippen LogP contribution < -0.4 is 4.72 Å². The van der Waals surface area contributed by atoms with Gasteiger partial charge in [0.25, 0.3) is 10.0 Å². The molecule has 4 nitrogen and oxygen atoms in total. The summed E-state index contributed by atoms with van der Waals surface area (Å²) >= 11 is 5.70. The van der Waals surface area contributed by atoms with Crippen LogP contribution in [0.5, 0.6) is 0 Å². The Kier molecular flexibility index (Phi) is 4.77. The Hall–Kier alpha value is -1.92. The molecule has 0 unspecified atom stereocenters. The molecule has 0 spiro atoms. The number of carbonyl (C=O) groups excluding carboxylic acids is 1. The number of amides is 1. The fourth-order valence-corrected chi connectivity index (χ4v) is 3.32. The summed E-state index contributed by atoms with van der Waals surface area (Å²) in [5.41, 5.74) is -1.33. The molecule has 2 aromatic rings. The first-order chi connectivity index (χ1) is 10.6. The standard InChI is InChI=1S/C16H15ClFNO3S/c1-16(2,13-9-8-11(17)10-14(13)18)15(20)19-23(21,22)12-6-4-3-5-7-12/h3-10H,1-2H3,(H,19,20). The molecular formula is C16H15ClFNO3S. The summed E-state index contributed by atoms with van der Waals surface area (Å²) in [7, 11) is -4.02. The highest BCUT2D eigenvalue weighted by molar-refractivity contribution is 7.90. The van der Waals surface area contributed by atoms with E-state index in [2.05, 4.69) is 0 Å². The van der Waals surface area contributed by atoms with Crippen LogP contribution in [-0.2, 0) is 20.2 Å². The minimum Gasteiger partial charge on any atom is -0.273 e. The molecule has 0 aromatic heterocycles. The van der Waals surface area contributed by atoms with E-state index in [1.165, 1.54) is 38.1 Å². The van der Waals surface area contributed by atoms with E-state index in [1.807, 2.05) is 4.72 Å². The van der Waals surface area contributed by atoms with Crippen molar-refractivity contribution < 1.29 is 17.6 Å². The molecule has 122 valence electrons. The van der Waals surface area contributed by atoms with Gasteiger partial charge in [0, 0.05) is 10.6 Å². The molecule has 0 fully saturated rings. The lowest BCUT2D eigenvalue weighted by Gasteiger charge is -2.24. The van der Waals surface area contributed by atoms with Gasteiger partial charge in [0.15, 0.2) is 0 Å². The number of carbonyl (C=O) groups is 1. The molecule has 0 saturated carbocycles. The molecule has 0 aliphatic rings. The highest BCUT2D eigenvalue weighted by Crippen LogP contribution is 2.28. The lowest BCUT2D eigenvalue weighted by Crippen LogP contribution is -2.43. The second kappa shape index (κ2) is 6.29. The van der Waals surface area contributed by atoms with Gasteiger partial charge < -0.3 is 0 Å². The van der Waals surface area contributed by atoms with Crippen molar-refractivity contribution in [3.05, 3.63) is 64.9 Å². The third kappa shape index (κ3) is 3.71. The molecule has 0 heterocycles. The van der Waals surface area contributed by atoms with Crippen LogP contribution >= 0.6 is 11.6 Å². The van der Waals surface area contributed by atoms with Crippen LogP contribution in [-0.4, -0.2) is 14.3 Å². The van der Waals surface area contributed by atoms with Gasteiger partial charge in [0.05, 0.1) is 10.3 Å². The summed E-state index contributed by atoms with van der Waals surface area (Å²) in [6, 6.07) is 11.4. The molecule has 1 N–H and O–H groups in total. The third-order valence-electron chi connectivity index (χ3n) is 3.45. The Morgan fingerprint density at radius 1 is 1.13 bits per heavy atom. The predicted molar refractivity (Wildman–Crippen MR) is 86.2 cm³/mol. The molecule has 7 heteroatoms. The van der Waals surface area contributed by atoms with E-state index >= 15 is 0 Å². The molecule has 1 amide bonds. The van der Waals surface area contributed by atoms with Crippen LogP contribution in [0.1, 0.15) is 19.4 Å². The van der Waals surface area contributed by atoms with Crippen molar-refractivity contribution in [2.45, 2.75) is 24.2 Å². The zero-order chi connectivity index (χ0) is 17.3. The van der Waals surface area contributed by atoms with Gasteiger partial charge in [-0.1, -0.05) is 35.9 Å². The van der Waals surface area contributed by atoms with Crippen molar-refractivity contribution in [1.82, 2.24) is 4.72 Å². The highest BCUT2D eigenvalue weighted by atomic mass is 35.5. The van der Waals surface area contributed by atoms with Gasteiger partial charge >= 0.3 is 0 Å². The fraction of sp³-hybridized carbons (Fsp3) is 0.188. The lowest BCUT2D eigenvalue weighted by molar-refractivity contribution is -0.123. The topological polar surface area (TPSA) is 63.2 Å². The Labute approximate surface area is 139 Å². The fourth-order valence-electron chi connectivity index (χ4n) is 2.03. The van der Waals surface area contributed by atoms with Gasteiger partial charge in [0.1, 0.15) is 5.82 Å². The first-order valence-corrected chi connectivity index (χ1v) is 8.58. The maximum atomic E-state index is 14.0. The minimum absolute atomic E-state index is 0.0410. The van der Waals surface area contributed by atoms with E-state index < -0.39 is 27.2 Å². The molecule has 2 rings (SSSR count). The van der Waals surface area contributed by atoms with Gasteiger partial charge in [-0.2, -0.15) is 0 Å². The number of rotatable bonds is 4. The summed E-state index contributed by atoms with van der Waals surface area (Å²) < 4.78 is 40.5. The SMILES string of the molecule is CC(C)(C(=O)NS(=O)(=O)c1ccccc1)c1ccc(Cl)cc1F. The molecule has 0 aliphatic carbocycles. The average molecular weight is 356 g/mol. The van der Waals surface area contributed by atoms with Crippen LogP contribution in [0.25, 0.3) is 0 Å². The Bertz CT molecular complexity index is 836.